The summed E-state index contributed by atoms with van der Waals surface area (Å²) in [5.74, 6) is 1.24. The lowest BCUT2D eigenvalue weighted by Crippen LogP contribution is -2.11. The van der Waals surface area contributed by atoms with Gasteiger partial charge in [-0.25, -0.2) is 4.98 Å². The molecule has 0 saturated heterocycles. The van der Waals surface area contributed by atoms with Crippen LogP contribution in [-0.2, 0) is 0 Å². The van der Waals surface area contributed by atoms with Gasteiger partial charge >= 0.3 is 0 Å². The molecule has 0 fully saturated rings. The van der Waals surface area contributed by atoms with Gasteiger partial charge in [-0.3, -0.25) is 10.1 Å². The molecule has 5 nitrogen and oxygen atoms in total. The largest absolute Gasteiger partial charge is 0.497 e. The van der Waals surface area contributed by atoms with E-state index < -0.39 is 0 Å². The number of amides is 1. The molecular weight excluding hydrogens is 380 g/mol. The van der Waals surface area contributed by atoms with Crippen molar-refractivity contribution in [2.45, 2.75) is 4.90 Å². The molecule has 0 aliphatic heterocycles. The molecule has 0 spiro atoms. The number of anilines is 1. The van der Waals surface area contributed by atoms with Gasteiger partial charge in [-0.15, -0.1) is 23.1 Å². The van der Waals surface area contributed by atoms with Gasteiger partial charge in [0.1, 0.15) is 17.0 Å². The summed E-state index contributed by atoms with van der Waals surface area (Å²) in [6.07, 6.45) is 1.98. The molecular formula is C20H16N2O3S2. The van der Waals surface area contributed by atoms with Crippen LogP contribution < -0.4 is 10.1 Å². The third-order valence-electron chi connectivity index (χ3n) is 4.03. The summed E-state index contributed by atoms with van der Waals surface area (Å²) >= 11 is 2.96. The summed E-state index contributed by atoms with van der Waals surface area (Å²) in [4.78, 5) is 18.0. The highest BCUT2D eigenvalue weighted by molar-refractivity contribution is 7.98. The standard InChI is InChI=1S/C20H16N2O3S2/c1-24-14-6-7-17-13(8-14)10-18(25-17)16-11-27-20(21-16)22-19(23)12-4-3-5-15(9-12)26-2/h3-11H,1-2H3,(H,21,22,23). The number of nitrogens with one attached hydrogen (secondary N) is 1. The van der Waals surface area contributed by atoms with E-state index in [1.54, 1.807) is 24.9 Å². The highest BCUT2D eigenvalue weighted by Crippen LogP contribution is 2.32. The van der Waals surface area contributed by atoms with Crippen molar-refractivity contribution in [3.8, 4) is 17.2 Å². The Hall–Kier alpha value is -2.77. The van der Waals surface area contributed by atoms with Gasteiger partial charge in [0.15, 0.2) is 10.9 Å². The van der Waals surface area contributed by atoms with Crippen LogP contribution in [0, 0.1) is 0 Å². The normalized spacial score (nSPS) is 10.9. The van der Waals surface area contributed by atoms with Crippen molar-refractivity contribution >= 4 is 45.1 Å². The monoisotopic (exact) mass is 396 g/mol. The van der Waals surface area contributed by atoms with Gasteiger partial charge in [0.2, 0.25) is 0 Å². The molecule has 1 amide bonds. The Kier molecular flexibility index (Phi) is 4.87. The molecule has 7 heteroatoms. The summed E-state index contributed by atoms with van der Waals surface area (Å²) in [5.41, 5.74) is 2.05. The predicted molar refractivity (Wildman–Crippen MR) is 110 cm³/mol. The van der Waals surface area contributed by atoms with E-state index in [2.05, 4.69) is 10.3 Å². The number of aromatic nitrogens is 1. The zero-order chi connectivity index (χ0) is 18.8. The van der Waals surface area contributed by atoms with E-state index in [1.165, 1.54) is 11.3 Å². The number of ether oxygens (including phenoxy) is 1. The topological polar surface area (TPSA) is 64.4 Å². The van der Waals surface area contributed by atoms with E-state index in [0.29, 0.717) is 22.1 Å². The lowest BCUT2D eigenvalue weighted by molar-refractivity contribution is 0.102. The number of thioether (sulfide) groups is 1. The maximum absolute atomic E-state index is 12.4. The molecule has 0 saturated carbocycles. The average molecular weight is 396 g/mol. The molecule has 27 heavy (non-hydrogen) atoms. The average Bonchev–Trinajstić information content (AvgIpc) is 3.33. The number of furan rings is 1. The first-order valence-corrected chi connectivity index (χ1v) is 10.3. The number of hydrogen-bond acceptors (Lipinski definition) is 6. The molecule has 0 aliphatic rings. The van der Waals surface area contributed by atoms with Crippen molar-refractivity contribution < 1.29 is 13.9 Å². The summed E-state index contributed by atoms with van der Waals surface area (Å²) in [5, 5.41) is 6.18. The Bertz CT molecular complexity index is 1120. The van der Waals surface area contributed by atoms with Gasteiger partial charge in [0.25, 0.3) is 5.91 Å². The SMILES string of the molecule is COc1ccc2oc(-c3csc(NC(=O)c4cccc(SC)c4)n3)cc2c1. The van der Waals surface area contributed by atoms with Crippen LogP contribution in [0.15, 0.2) is 63.2 Å². The minimum atomic E-state index is -0.179. The molecule has 0 bridgehead atoms. The molecule has 0 aliphatic carbocycles. The number of methoxy groups -OCH3 is 1. The first kappa shape index (κ1) is 17.6. The molecule has 4 rings (SSSR count). The van der Waals surface area contributed by atoms with Crippen LogP contribution in [0.5, 0.6) is 5.75 Å². The van der Waals surface area contributed by atoms with Crippen molar-refractivity contribution in [3.63, 3.8) is 0 Å². The molecule has 2 aromatic carbocycles. The summed E-state index contributed by atoms with van der Waals surface area (Å²) < 4.78 is 11.1. The van der Waals surface area contributed by atoms with Crippen LogP contribution >= 0.6 is 23.1 Å². The van der Waals surface area contributed by atoms with E-state index in [9.17, 15) is 4.79 Å². The molecule has 4 aromatic rings. The van der Waals surface area contributed by atoms with Crippen molar-refractivity contribution in [2.24, 2.45) is 0 Å². The van der Waals surface area contributed by atoms with E-state index in [4.69, 9.17) is 9.15 Å². The molecule has 2 heterocycles. The first-order valence-electron chi connectivity index (χ1n) is 8.15. The molecule has 1 N–H and O–H groups in total. The third kappa shape index (κ3) is 3.70. The Labute approximate surface area is 164 Å². The van der Waals surface area contributed by atoms with Crippen LogP contribution in [0.25, 0.3) is 22.4 Å². The number of rotatable bonds is 5. The van der Waals surface area contributed by atoms with E-state index >= 15 is 0 Å². The van der Waals surface area contributed by atoms with Crippen molar-refractivity contribution in [1.29, 1.82) is 0 Å². The van der Waals surface area contributed by atoms with E-state index in [1.807, 2.05) is 54.1 Å². The van der Waals surface area contributed by atoms with E-state index in [0.717, 1.165) is 21.6 Å². The Balaban J connectivity index is 1.55. The van der Waals surface area contributed by atoms with Crippen LogP contribution in [0.2, 0.25) is 0 Å². The fourth-order valence-electron chi connectivity index (χ4n) is 2.65. The van der Waals surface area contributed by atoms with Gasteiger partial charge in [-0.2, -0.15) is 0 Å². The van der Waals surface area contributed by atoms with Crippen molar-refractivity contribution in [2.75, 3.05) is 18.7 Å². The maximum Gasteiger partial charge on any atom is 0.257 e. The molecule has 0 radical (unpaired) electrons. The third-order valence-corrected chi connectivity index (χ3v) is 5.52. The zero-order valence-corrected chi connectivity index (χ0v) is 16.3. The van der Waals surface area contributed by atoms with Crippen LogP contribution in [0.1, 0.15) is 10.4 Å². The molecule has 0 unspecified atom stereocenters. The van der Waals surface area contributed by atoms with Crippen LogP contribution in [0.4, 0.5) is 5.13 Å². The number of thiazole rings is 1. The predicted octanol–water partition coefficient (Wildman–Crippen LogP) is 5.54. The van der Waals surface area contributed by atoms with Gasteiger partial charge in [0, 0.05) is 21.2 Å². The number of carbonyl (C=O) groups excluding carboxylic acids is 1. The van der Waals surface area contributed by atoms with Crippen molar-refractivity contribution in [1.82, 2.24) is 4.98 Å². The smallest absolute Gasteiger partial charge is 0.257 e. The second-order valence-electron chi connectivity index (χ2n) is 5.74. The Morgan fingerprint density at radius 3 is 2.93 bits per heavy atom. The van der Waals surface area contributed by atoms with Crippen molar-refractivity contribution in [3.05, 3.63) is 59.5 Å². The van der Waals surface area contributed by atoms with E-state index in [-0.39, 0.29) is 5.91 Å². The number of fused-ring (bicyclic) bond motifs is 1. The van der Waals surface area contributed by atoms with Gasteiger partial charge < -0.3 is 9.15 Å². The van der Waals surface area contributed by atoms with Gasteiger partial charge in [-0.05, 0) is 48.7 Å². The lowest BCUT2D eigenvalue weighted by atomic mass is 10.2. The van der Waals surface area contributed by atoms with Gasteiger partial charge in [-0.1, -0.05) is 6.07 Å². The first-order chi connectivity index (χ1) is 13.2. The van der Waals surface area contributed by atoms with Gasteiger partial charge in [0.05, 0.1) is 7.11 Å². The Morgan fingerprint density at radius 1 is 1.22 bits per heavy atom. The van der Waals surface area contributed by atoms with Crippen LogP contribution in [0.3, 0.4) is 0 Å². The quantitative estimate of drug-likeness (QED) is 0.449. The minimum Gasteiger partial charge on any atom is -0.497 e. The minimum absolute atomic E-state index is 0.179. The summed E-state index contributed by atoms with van der Waals surface area (Å²) in [6, 6.07) is 15.0. The molecule has 136 valence electrons. The maximum atomic E-state index is 12.4. The summed E-state index contributed by atoms with van der Waals surface area (Å²) in [6.45, 7) is 0. The fourth-order valence-corrected chi connectivity index (χ4v) is 3.81. The number of benzene rings is 2. The van der Waals surface area contributed by atoms with Crippen LogP contribution in [-0.4, -0.2) is 24.3 Å². The highest BCUT2D eigenvalue weighted by atomic mass is 32.2. The second-order valence-corrected chi connectivity index (χ2v) is 7.48. The number of hydrogen-bond donors (Lipinski definition) is 1. The zero-order valence-electron chi connectivity index (χ0n) is 14.7. The fraction of sp³-hybridized carbons (Fsp3) is 0.100. The lowest BCUT2D eigenvalue weighted by Gasteiger charge is -2.03. The Morgan fingerprint density at radius 2 is 2.11 bits per heavy atom. The second kappa shape index (κ2) is 7.46. The number of carbonyl (C=O) groups is 1. The highest BCUT2D eigenvalue weighted by Gasteiger charge is 2.13. The molecule has 2 aromatic heterocycles. The summed E-state index contributed by atoms with van der Waals surface area (Å²) in [7, 11) is 1.63. The molecule has 0 atom stereocenters. The number of nitrogens with zero attached hydrogens (tertiary/aromatic N) is 1.